The molecule has 240 valence electrons. The maximum atomic E-state index is 13.8. The van der Waals surface area contributed by atoms with Crippen LogP contribution in [-0.2, 0) is 29.8 Å². The van der Waals surface area contributed by atoms with E-state index in [-0.39, 0.29) is 41.9 Å². The number of carbonyl (C=O) groups is 1. The highest BCUT2D eigenvalue weighted by Gasteiger charge is 2.44. The third-order valence-corrected chi connectivity index (χ3v) is 6.91. The van der Waals surface area contributed by atoms with Crippen LogP contribution in [0.1, 0.15) is 73.4 Å². The van der Waals surface area contributed by atoms with Crippen molar-refractivity contribution in [2.45, 2.75) is 83.8 Å². The normalized spacial score (nSPS) is 17.5. The molecule has 0 saturated carbocycles. The van der Waals surface area contributed by atoms with Crippen LogP contribution < -0.4 is 9.80 Å². The van der Waals surface area contributed by atoms with Crippen LogP contribution >= 0.6 is 0 Å². The Bertz CT molecular complexity index is 1470. The molecule has 1 amide bonds. The van der Waals surface area contributed by atoms with Gasteiger partial charge < -0.3 is 14.2 Å². The van der Waals surface area contributed by atoms with E-state index in [2.05, 4.69) is 10.1 Å². The SMILES string of the molecule is CC[C@H]1C[C@@H](N(Cc2cc(C(F)(F)F)cc(C(F)(F)F)c2)c2cc(C)no2)c2nc(C(F)(F)F)ccc2N1C(=O)OC(C)C. The van der Waals surface area contributed by atoms with Crippen molar-refractivity contribution in [2.75, 3.05) is 9.80 Å². The Morgan fingerprint density at radius 3 is 2.09 bits per heavy atom. The molecule has 0 radical (unpaired) electrons. The van der Waals surface area contributed by atoms with E-state index in [1.54, 1.807) is 20.8 Å². The smallest absolute Gasteiger partial charge is 0.433 e. The topological polar surface area (TPSA) is 71.7 Å². The fourth-order valence-corrected chi connectivity index (χ4v) is 5.01. The van der Waals surface area contributed by atoms with Gasteiger partial charge in [-0.3, -0.25) is 4.90 Å². The minimum Gasteiger partial charge on any atom is -0.446 e. The summed E-state index contributed by atoms with van der Waals surface area (Å²) in [5.41, 5.74) is -4.98. The maximum absolute atomic E-state index is 13.8. The maximum Gasteiger partial charge on any atom is 0.433 e. The number of nitrogens with zero attached hydrogens (tertiary/aromatic N) is 4. The highest BCUT2D eigenvalue weighted by Crippen LogP contribution is 2.45. The van der Waals surface area contributed by atoms with Gasteiger partial charge in [0.05, 0.1) is 40.3 Å². The zero-order valence-corrected chi connectivity index (χ0v) is 23.7. The van der Waals surface area contributed by atoms with Crippen molar-refractivity contribution in [3.63, 3.8) is 0 Å². The van der Waals surface area contributed by atoms with Crippen LogP contribution in [0.4, 0.5) is 55.9 Å². The molecule has 1 aliphatic heterocycles. The molecule has 0 N–H and O–H groups in total. The third kappa shape index (κ3) is 7.04. The van der Waals surface area contributed by atoms with Crippen molar-refractivity contribution in [3.05, 3.63) is 70.2 Å². The minimum absolute atomic E-state index is 0.0230. The standard InChI is InChI=1S/C28H27F9N4O3/c1-5-19-12-21(24-20(41(19)25(42)43-14(2)3)6-7-22(38-24)28(35,36)37)40(23-8-15(4)39-44-23)13-16-9-17(26(29,30)31)11-18(10-16)27(32,33)34/h6-11,14,19,21H,5,12-13H2,1-4H3/t19-,21+/m0/s1. The zero-order valence-electron chi connectivity index (χ0n) is 23.7. The van der Waals surface area contributed by atoms with Crippen molar-refractivity contribution in [2.24, 2.45) is 0 Å². The fourth-order valence-electron chi connectivity index (χ4n) is 5.01. The number of aryl methyl sites for hydroxylation is 1. The molecule has 16 heteroatoms. The first kappa shape index (κ1) is 32.9. The average Bonchev–Trinajstić information content (AvgIpc) is 3.34. The zero-order chi connectivity index (χ0) is 32.8. The first-order valence-electron chi connectivity index (χ1n) is 13.4. The van der Waals surface area contributed by atoms with Crippen LogP contribution in [0, 0.1) is 6.92 Å². The number of carbonyl (C=O) groups excluding carboxylic acids is 1. The Morgan fingerprint density at radius 2 is 1.61 bits per heavy atom. The summed E-state index contributed by atoms with van der Waals surface area (Å²) >= 11 is 0. The van der Waals surface area contributed by atoms with Gasteiger partial charge in [0.1, 0.15) is 5.69 Å². The van der Waals surface area contributed by atoms with Crippen LogP contribution in [0.2, 0.25) is 0 Å². The number of halogens is 9. The van der Waals surface area contributed by atoms with Crippen LogP contribution in [-0.4, -0.2) is 28.4 Å². The minimum atomic E-state index is -5.13. The van der Waals surface area contributed by atoms with E-state index in [0.29, 0.717) is 18.2 Å². The van der Waals surface area contributed by atoms with Gasteiger partial charge in [0, 0.05) is 18.7 Å². The Kier molecular flexibility index (Phi) is 8.86. The van der Waals surface area contributed by atoms with E-state index < -0.39 is 71.7 Å². The molecular weight excluding hydrogens is 611 g/mol. The Hall–Kier alpha value is -3.98. The van der Waals surface area contributed by atoms with E-state index in [9.17, 15) is 44.3 Å². The summed E-state index contributed by atoms with van der Waals surface area (Å²) in [5, 5.41) is 3.75. The summed E-state index contributed by atoms with van der Waals surface area (Å²) in [7, 11) is 0. The first-order chi connectivity index (χ1) is 20.3. The number of fused-ring (bicyclic) bond motifs is 1. The van der Waals surface area contributed by atoms with Gasteiger partial charge in [-0.05, 0) is 69.5 Å². The molecule has 2 atom stereocenters. The van der Waals surface area contributed by atoms with Crippen LogP contribution in [0.15, 0.2) is 40.9 Å². The Balaban J connectivity index is 1.93. The summed E-state index contributed by atoms with van der Waals surface area (Å²) < 4.78 is 134. The van der Waals surface area contributed by atoms with Gasteiger partial charge in [0.15, 0.2) is 0 Å². The van der Waals surface area contributed by atoms with E-state index in [0.717, 1.165) is 11.0 Å². The van der Waals surface area contributed by atoms with Gasteiger partial charge in [0.25, 0.3) is 0 Å². The molecular formula is C28H27F9N4O3. The lowest BCUT2D eigenvalue weighted by Crippen LogP contribution is -2.48. The molecule has 7 nitrogen and oxygen atoms in total. The summed E-state index contributed by atoms with van der Waals surface area (Å²) in [6.45, 7) is 5.69. The number of hydrogen-bond donors (Lipinski definition) is 0. The van der Waals surface area contributed by atoms with Gasteiger partial charge in [-0.25, -0.2) is 9.78 Å². The van der Waals surface area contributed by atoms with Gasteiger partial charge in [0.2, 0.25) is 5.88 Å². The number of rotatable bonds is 6. The second-order valence-electron chi connectivity index (χ2n) is 10.6. The van der Waals surface area contributed by atoms with Gasteiger partial charge in [-0.2, -0.15) is 39.5 Å². The second kappa shape index (κ2) is 11.8. The highest BCUT2D eigenvalue weighted by atomic mass is 19.4. The number of ether oxygens (including phenoxy) is 1. The molecule has 0 fully saturated rings. The summed E-state index contributed by atoms with van der Waals surface area (Å²) in [5.74, 6) is -0.142. The van der Waals surface area contributed by atoms with Gasteiger partial charge in [-0.1, -0.05) is 12.1 Å². The van der Waals surface area contributed by atoms with Gasteiger partial charge >= 0.3 is 24.6 Å². The third-order valence-electron chi connectivity index (χ3n) is 6.91. The number of hydrogen-bond acceptors (Lipinski definition) is 6. The molecule has 44 heavy (non-hydrogen) atoms. The quantitative estimate of drug-likeness (QED) is 0.252. The second-order valence-corrected chi connectivity index (χ2v) is 10.6. The summed E-state index contributed by atoms with van der Waals surface area (Å²) in [4.78, 5) is 19.3. The Labute approximate surface area is 245 Å². The number of pyridine rings is 1. The average molecular weight is 639 g/mol. The monoisotopic (exact) mass is 638 g/mol. The Morgan fingerprint density at radius 1 is 1.00 bits per heavy atom. The molecule has 3 aromatic rings. The predicted molar refractivity (Wildman–Crippen MR) is 139 cm³/mol. The predicted octanol–water partition coefficient (Wildman–Crippen LogP) is 8.72. The first-order valence-corrected chi connectivity index (χ1v) is 13.4. The largest absolute Gasteiger partial charge is 0.446 e. The van der Waals surface area contributed by atoms with E-state index in [1.165, 1.54) is 17.9 Å². The van der Waals surface area contributed by atoms with E-state index >= 15 is 0 Å². The fraction of sp³-hybridized carbons (Fsp3) is 0.464. The van der Waals surface area contributed by atoms with Crippen molar-refractivity contribution < 1.29 is 53.6 Å². The molecule has 0 unspecified atom stereocenters. The molecule has 1 aromatic carbocycles. The van der Waals surface area contributed by atoms with E-state index in [4.69, 9.17) is 9.26 Å². The van der Waals surface area contributed by atoms with Crippen LogP contribution in [0.3, 0.4) is 0 Å². The van der Waals surface area contributed by atoms with Crippen molar-refractivity contribution in [3.8, 4) is 0 Å². The molecule has 1 aliphatic rings. The molecule has 4 rings (SSSR count). The van der Waals surface area contributed by atoms with Gasteiger partial charge in [-0.15, -0.1) is 0 Å². The number of amides is 1. The lowest BCUT2D eigenvalue weighted by Gasteiger charge is -2.43. The number of aromatic nitrogens is 2. The van der Waals surface area contributed by atoms with Crippen LogP contribution in [0.25, 0.3) is 0 Å². The molecule has 0 bridgehead atoms. The molecule has 0 spiro atoms. The highest BCUT2D eigenvalue weighted by molar-refractivity contribution is 5.90. The molecule has 0 saturated heterocycles. The van der Waals surface area contributed by atoms with Crippen molar-refractivity contribution in [1.82, 2.24) is 10.1 Å². The molecule has 2 aromatic heterocycles. The number of alkyl halides is 9. The summed E-state index contributed by atoms with van der Waals surface area (Å²) in [6.07, 6.45) is -16.5. The molecule has 3 heterocycles. The van der Waals surface area contributed by atoms with E-state index in [1.807, 2.05) is 0 Å². The lowest BCUT2D eigenvalue weighted by molar-refractivity contribution is -0.143. The summed E-state index contributed by atoms with van der Waals surface area (Å²) in [6, 6.07) is 2.16. The lowest BCUT2D eigenvalue weighted by atomic mass is 9.91. The molecule has 0 aliphatic carbocycles. The van der Waals surface area contributed by atoms with Crippen molar-refractivity contribution in [1.29, 1.82) is 0 Å². The van der Waals surface area contributed by atoms with Crippen molar-refractivity contribution >= 4 is 17.7 Å². The number of benzene rings is 1. The number of anilines is 2. The van der Waals surface area contributed by atoms with Crippen LogP contribution in [0.5, 0.6) is 0 Å².